The van der Waals surface area contributed by atoms with Crippen LogP contribution in [0.2, 0.25) is 0 Å². The summed E-state index contributed by atoms with van der Waals surface area (Å²) in [6, 6.07) is 13.2. The van der Waals surface area contributed by atoms with Gasteiger partial charge in [0.25, 0.3) is 5.56 Å². The summed E-state index contributed by atoms with van der Waals surface area (Å²) in [5, 5.41) is 9.16. The summed E-state index contributed by atoms with van der Waals surface area (Å²) in [5.41, 5.74) is 1.72. The highest BCUT2D eigenvalue weighted by molar-refractivity contribution is 5.80. The highest BCUT2D eigenvalue weighted by Gasteiger charge is 2.16. The third-order valence-corrected chi connectivity index (χ3v) is 4.79. The van der Waals surface area contributed by atoms with E-state index in [0.717, 1.165) is 11.1 Å². The van der Waals surface area contributed by atoms with Crippen molar-refractivity contribution in [3.05, 3.63) is 70.3 Å². The van der Waals surface area contributed by atoms with Gasteiger partial charge in [-0.3, -0.25) is 13.8 Å². The standard InChI is InChI=1S/C22H22N4O3/c1-4-8-15-11-12-18(19(13-15)28-3)29-14-20-23-24-22-25(5-2)21(27)16-9-6-7-10-17(16)26(20)22/h4,6-13H,5,14H2,1-3H3. The lowest BCUT2D eigenvalue weighted by atomic mass is 10.2. The Labute approximate surface area is 167 Å². The third kappa shape index (κ3) is 3.24. The van der Waals surface area contributed by atoms with E-state index >= 15 is 0 Å². The van der Waals surface area contributed by atoms with Crippen LogP contribution < -0.4 is 15.0 Å². The van der Waals surface area contributed by atoms with Crippen molar-refractivity contribution < 1.29 is 9.47 Å². The first-order valence-corrected chi connectivity index (χ1v) is 9.47. The molecule has 7 heteroatoms. The highest BCUT2D eigenvalue weighted by Crippen LogP contribution is 2.29. The lowest BCUT2D eigenvalue weighted by molar-refractivity contribution is 0.275. The van der Waals surface area contributed by atoms with Crippen molar-refractivity contribution in [1.82, 2.24) is 19.2 Å². The van der Waals surface area contributed by atoms with Crippen LogP contribution in [-0.2, 0) is 13.2 Å². The van der Waals surface area contributed by atoms with Gasteiger partial charge in [-0.05, 0) is 43.7 Å². The second kappa shape index (κ2) is 7.79. The molecule has 0 atom stereocenters. The summed E-state index contributed by atoms with van der Waals surface area (Å²) in [4.78, 5) is 12.8. The van der Waals surface area contributed by atoms with Crippen LogP contribution >= 0.6 is 0 Å². The minimum absolute atomic E-state index is 0.0725. The molecule has 4 rings (SSSR count). The van der Waals surface area contributed by atoms with Crippen LogP contribution in [0.25, 0.3) is 22.8 Å². The van der Waals surface area contributed by atoms with Crippen LogP contribution in [0.1, 0.15) is 25.2 Å². The monoisotopic (exact) mass is 390 g/mol. The lowest BCUT2D eigenvalue weighted by Gasteiger charge is -2.12. The first kappa shape index (κ1) is 18.7. The fourth-order valence-corrected chi connectivity index (χ4v) is 3.43. The molecule has 148 valence electrons. The molecule has 29 heavy (non-hydrogen) atoms. The molecule has 4 aromatic rings. The van der Waals surface area contributed by atoms with Crippen LogP contribution in [0, 0.1) is 0 Å². The molecule has 0 fully saturated rings. The molecule has 0 bridgehead atoms. The minimum atomic E-state index is -0.0725. The van der Waals surface area contributed by atoms with Gasteiger partial charge in [-0.25, -0.2) is 0 Å². The normalized spacial score (nSPS) is 11.6. The molecule has 2 heterocycles. The summed E-state index contributed by atoms with van der Waals surface area (Å²) in [6.45, 7) is 4.57. The molecular weight excluding hydrogens is 368 g/mol. The van der Waals surface area contributed by atoms with E-state index in [1.165, 1.54) is 0 Å². The molecule has 0 unspecified atom stereocenters. The number of methoxy groups -OCH3 is 1. The summed E-state index contributed by atoms with van der Waals surface area (Å²) in [6.07, 6.45) is 3.96. The van der Waals surface area contributed by atoms with Gasteiger partial charge < -0.3 is 9.47 Å². The van der Waals surface area contributed by atoms with Gasteiger partial charge in [0.15, 0.2) is 17.3 Å². The van der Waals surface area contributed by atoms with E-state index in [0.29, 0.717) is 35.0 Å². The molecule has 0 N–H and O–H groups in total. The van der Waals surface area contributed by atoms with Crippen molar-refractivity contribution in [2.45, 2.75) is 27.0 Å². The molecule has 0 saturated heterocycles. The van der Waals surface area contributed by atoms with Crippen LogP contribution in [0.15, 0.2) is 53.3 Å². The van der Waals surface area contributed by atoms with Gasteiger partial charge in [0.2, 0.25) is 5.78 Å². The fraction of sp³-hybridized carbons (Fsp3) is 0.227. The zero-order valence-corrected chi connectivity index (χ0v) is 16.6. The second-order valence-corrected chi connectivity index (χ2v) is 6.52. The maximum Gasteiger partial charge on any atom is 0.262 e. The maximum atomic E-state index is 12.8. The summed E-state index contributed by atoms with van der Waals surface area (Å²) in [7, 11) is 1.61. The Bertz CT molecular complexity index is 1270. The van der Waals surface area contributed by atoms with Gasteiger partial charge in [-0.2, -0.15) is 0 Å². The van der Waals surface area contributed by atoms with Crippen molar-refractivity contribution in [2.24, 2.45) is 0 Å². The molecule has 2 aromatic heterocycles. The number of hydrogen-bond acceptors (Lipinski definition) is 5. The predicted molar refractivity (Wildman–Crippen MR) is 112 cm³/mol. The maximum absolute atomic E-state index is 12.8. The summed E-state index contributed by atoms with van der Waals surface area (Å²) in [5.74, 6) is 2.37. The topological polar surface area (TPSA) is 70.7 Å². The zero-order valence-electron chi connectivity index (χ0n) is 16.6. The van der Waals surface area contributed by atoms with Gasteiger partial charge in [0, 0.05) is 6.54 Å². The van der Waals surface area contributed by atoms with E-state index in [4.69, 9.17) is 9.47 Å². The van der Waals surface area contributed by atoms with Gasteiger partial charge in [-0.15, -0.1) is 10.2 Å². The smallest absolute Gasteiger partial charge is 0.262 e. The summed E-state index contributed by atoms with van der Waals surface area (Å²) < 4.78 is 15.0. The molecule has 0 aliphatic rings. The van der Waals surface area contributed by atoms with Crippen molar-refractivity contribution in [3.63, 3.8) is 0 Å². The number of rotatable bonds is 6. The van der Waals surface area contributed by atoms with Crippen LogP contribution in [0.5, 0.6) is 11.5 Å². The van der Waals surface area contributed by atoms with Gasteiger partial charge in [0.05, 0.1) is 18.0 Å². The largest absolute Gasteiger partial charge is 0.493 e. The number of fused-ring (bicyclic) bond motifs is 3. The number of allylic oxidation sites excluding steroid dienone is 1. The average molecular weight is 390 g/mol. The Morgan fingerprint density at radius 2 is 1.93 bits per heavy atom. The predicted octanol–water partition coefficient (Wildman–Crippen LogP) is 3.68. The Morgan fingerprint density at radius 3 is 2.69 bits per heavy atom. The average Bonchev–Trinajstić information content (AvgIpc) is 3.17. The molecule has 0 spiro atoms. The first-order chi connectivity index (χ1) is 14.2. The van der Waals surface area contributed by atoms with E-state index in [-0.39, 0.29) is 12.2 Å². The Balaban J connectivity index is 1.77. The van der Waals surface area contributed by atoms with Crippen molar-refractivity contribution in [1.29, 1.82) is 0 Å². The molecular formula is C22H22N4O3. The number of benzene rings is 2. The number of para-hydroxylation sites is 1. The second-order valence-electron chi connectivity index (χ2n) is 6.52. The van der Waals surface area contributed by atoms with Crippen molar-refractivity contribution in [3.8, 4) is 11.5 Å². The third-order valence-electron chi connectivity index (χ3n) is 4.79. The van der Waals surface area contributed by atoms with E-state index in [1.54, 1.807) is 11.7 Å². The summed E-state index contributed by atoms with van der Waals surface area (Å²) >= 11 is 0. The van der Waals surface area contributed by atoms with Gasteiger partial charge >= 0.3 is 0 Å². The number of hydrogen-bond donors (Lipinski definition) is 0. The number of aromatic nitrogens is 4. The molecule has 0 amide bonds. The van der Waals surface area contributed by atoms with E-state index in [9.17, 15) is 4.79 Å². The Hall–Kier alpha value is -3.61. The van der Waals surface area contributed by atoms with E-state index in [1.807, 2.05) is 72.9 Å². The fourth-order valence-electron chi connectivity index (χ4n) is 3.43. The highest BCUT2D eigenvalue weighted by atomic mass is 16.5. The van der Waals surface area contributed by atoms with Gasteiger partial charge in [-0.1, -0.05) is 30.4 Å². The molecule has 7 nitrogen and oxygen atoms in total. The molecule has 0 aliphatic heterocycles. The molecule has 0 aliphatic carbocycles. The first-order valence-electron chi connectivity index (χ1n) is 9.47. The number of nitrogens with zero attached hydrogens (tertiary/aromatic N) is 4. The SMILES string of the molecule is CC=Cc1ccc(OCc2nnc3n(CC)c(=O)c4ccccc4n23)c(OC)c1. The van der Waals surface area contributed by atoms with Crippen molar-refractivity contribution >= 4 is 22.8 Å². The Kier molecular flexibility index (Phi) is 5.03. The minimum Gasteiger partial charge on any atom is -0.493 e. The molecule has 2 aromatic carbocycles. The molecule has 0 radical (unpaired) electrons. The van der Waals surface area contributed by atoms with Crippen molar-refractivity contribution in [2.75, 3.05) is 7.11 Å². The quantitative estimate of drug-likeness (QED) is 0.502. The van der Waals surface area contributed by atoms with Crippen LogP contribution in [0.4, 0.5) is 0 Å². The number of ether oxygens (including phenoxy) is 2. The van der Waals surface area contributed by atoms with Crippen LogP contribution in [0.3, 0.4) is 0 Å². The van der Waals surface area contributed by atoms with Gasteiger partial charge in [0.1, 0.15) is 6.61 Å². The van der Waals surface area contributed by atoms with Crippen LogP contribution in [-0.4, -0.2) is 26.3 Å². The Morgan fingerprint density at radius 1 is 1.10 bits per heavy atom. The van der Waals surface area contributed by atoms with E-state index in [2.05, 4.69) is 10.2 Å². The van der Waals surface area contributed by atoms with E-state index < -0.39 is 0 Å². The lowest BCUT2D eigenvalue weighted by Crippen LogP contribution is -2.22. The zero-order chi connectivity index (χ0) is 20.4. The molecule has 0 saturated carbocycles. The number of aryl methyl sites for hydroxylation is 1.